The minimum atomic E-state index is 0.484. The van der Waals surface area contributed by atoms with Gasteiger partial charge in [-0.3, -0.25) is 0 Å². The van der Waals surface area contributed by atoms with Gasteiger partial charge in [-0.05, 0) is 66.3 Å². The Balaban J connectivity index is 2.23. The summed E-state index contributed by atoms with van der Waals surface area (Å²) in [4.78, 5) is 2.17. The van der Waals surface area contributed by atoms with Crippen LogP contribution in [0.25, 0.3) is 16.7 Å². The molecule has 0 heterocycles. The highest BCUT2D eigenvalue weighted by atomic mass is 15.1. The van der Waals surface area contributed by atoms with E-state index in [0.717, 1.165) is 0 Å². The lowest BCUT2D eigenvalue weighted by Crippen LogP contribution is -2.09. The molecule has 0 fully saturated rings. The topological polar surface area (TPSA) is 3.24 Å². The molecule has 1 heteroatoms. The predicted molar refractivity (Wildman–Crippen MR) is 106 cm³/mol. The lowest BCUT2D eigenvalue weighted by molar-refractivity contribution is 0.895. The highest BCUT2D eigenvalue weighted by Crippen LogP contribution is 2.45. The summed E-state index contributed by atoms with van der Waals surface area (Å²) >= 11 is 0. The molecule has 2 aromatic rings. The molecule has 0 bridgehead atoms. The maximum absolute atomic E-state index is 2.33. The van der Waals surface area contributed by atoms with Gasteiger partial charge < -0.3 is 4.90 Å². The van der Waals surface area contributed by atoms with Gasteiger partial charge in [-0.25, -0.2) is 0 Å². The van der Waals surface area contributed by atoms with Crippen molar-refractivity contribution in [3.05, 3.63) is 70.8 Å². The van der Waals surface area contributed by atoms with Crippen LogP contribution in [0.4, 0.5) is 5.69 Å². The molecule has 0 radical (unpaired) electrons. The molecule has 0 amide bonds. The lowest BCUT2D eigenvalue weighted by Gasteiger charge is -2.21. The van der Waals surface area contributed by atoms with Gasteiger partial charge in [-0.15, -0.1) is 0 Å². The first-order valence-electron chi connectivity index (χ1n) is 8.67. The highest BCUT2D eigenvalue weighted by molar-refractivity contribution is 5.89. The highest BCUT2D eigenvalue weighted by Gasteiger charge is 2.26. The lowest BCUT2D eigenvalue weighted by atomic mass is 9.86. The molecular formula is C23H27N. The van der Waals surface area contributed by atoms with Gasteiger partial charge in [-0.2, -0.15) is 0 Å². The SMILES string of the molecule is CC1=C(C)C(C)C(c2ccc(N(C)C)cc2-c2ccccc2)=C1C. The number of anilines is 1. The Morgan fingerprint density at radius 1 is 0.792 bits per heavy atom. The molecular weight excluding hydrogens is 290 g/mol. The zero-order valence-corrected chi connectivity index (χ0v) is 15.6. The van der Waals surface area contributed by atoms with E-state index in [0.29, 0.717) is 5.92 Å². The maximum atomic E-state index is 2.33. The van der Waals surface area contributed by atoms with Gasteiger partial charge in [0.15, 0.2) is 0 Å². The second-order valence-electron chi connectivity index (χ2n) is 7.06. The molecule has 1 nitrogen and oxygen atoms in total. The van der Waals surface area contributed by atoms with Crippen molar-refractivity contribution >= 4 is 11.3 Å². The first-order chi connectivity index (χ1) is 11.4. The van der Waals surface area contributed by atoms with Gasteiger partial charge in [0.05, 0.1) is 0 Å². The molecule has 1 unspecified atom stereocenters. The van der Waals surface area contributed by atoms with Crippen LogP contribution < -0.4 is 4.90 Å². The normalized spacial score (nSPS) is 17.7. The minimum absolute atomic E-state index is 0.484. The molecule has 0 aliphatic heterocycles. The molecule has 24 heavy (non-hydrogen) atoms. The van der Waals surface area contributed by atoms with Gasteiger partial charge in [-0.1, -0.05) is 48.9 Å². The van der Waals surface area contributed by atoms with Crippen LogP contribution in [-0.2, 0) is 0 Å². The second kappa shape index (κ2) is 6.32. The smallest absolute Gasteiger partial charge is 0.0367 e. The summed E-state index contributed by atoms with van der Waals surface area (Å²) in [7, 11) is 4.20. The Bertz CT molecular complexity index is 822. The van der Waals surface area contributed by atoms with Crippen molar-refractivity contribution in [2.24, 2.45) is 5.92 Å². The number of allylic oxidation sites excluding steroid dienone is 4. The third kappa shape index (κ3) is 2.69. The molecule has 0 saturated carbocycles. The van der Waals surface area contributed by atoms with E-state index < -0.39 is 0 Å². The third-order valence-electron chi connectivity index (χ3n) is 5.54. The number of rotatable bonds is 3. The fourth-order valence-electron chi connectivity index (χ4n) is 3.70. The van der Waals surface area contributed by atoms with E-state index >= 15 is 0 Å². The van der Waals surface area contributed by atoms with Gasteiger partial charge in [0.1, 0.15) is 0 Å². The fourth-order valence-corrected chi connectivity index (χ4v) is 3.70. The first-order valence-corrected chi connectivity index (χ1v) is 8.67. The zero-order valence-electron chi connectivity index (χ0n) is 15.6. The molecule has 0 saturated heterocycles. The van der Waals surface area contributed by atoms with Crippen molar-refractivity contribution in [2.75, 3.05) is 19.0 Å². The molecule has 0 spiro atoms. The quantitative estimate of drug-likeness (QED) is 0.653. The van der Waals surface area contributed by atoms with Gasteiger partial charge >= 0.3 is 0 Å². The molecule has 0 N–H and O–H groups in total. The predicted octanol–water partition coefficient (Wildman–Crippen LogP) is 6.18. The van der Waals surface area contributed by atoms with Crippen LogP contribution in [0, 0.1) is 5.92 Å². The number of benzene rings is 2. The Kier molecular flexibility index (Phi) is 4.36. The number of hydrogen-bond donors (Lipinski definition) is 0. The summed E-state index contributed by atoms with van der Waals surface area (Å²) in [6.07, 6.45) is 0. The van der Waals surface area contributed by atoms with Crippen LogP contribution in [0.2, 0.25) is 0 Å². The van der Waals surface area contributed by atoms with E-state index in [1.54, 1.807) is 0 Å². The van der Waals surface area contributed by atoms with Crippen molar-refractivity contribution in [3.63, 3.8) is 0 Å². The summed E-state index contributed by atoms with van der Waals surface area (Å²) < 4.78 is 0. The van der Waals surface area contributed by atoms with Crippen molar-refractivity contribution < 1.29 is 0 Å². The average Bonchev–Trinajstić information content (AvgIpc) is 2.78. The number of nitrogens with zero attached hydrogens (tertiary/aromatic N) is 1. The Morgan fingerprint density at radius 2 is 1.46 bits per heavy atom. The first kappa shape index (κ1) is 16.6. The van der Waals surface area contributed by atoms with E-state index in [1.165, 1.54) is 44.7 Å². The van der Waals surface area contributed by atoms with Gasteiger partial charge in [0.25, 0.3) is 0 Å². The maximum Gasteiger partial charge on any atom is 0.0367 e. The summed E-state index contributed by atoms with van der Waals surface area (Å²) in [5.74, 6) is 0.484. The minimum Gasteiger partial charge on any atom is -0.378 e. The standard InChI is InChI=1S/C23H27N/c1-15-16(2)18(4)23(17(15)3)21-13-12-20(24(5)6)14-22(21)19-10-8-7-9-11-19/h7-14,17H,1-6H3. The summed E-state index contributed by atoms with van der Waals surface area (Å²) in [5.41, 5.74) is 11.1. The molecule has 124 valence electrons. The van der Waals surface area contributed by atoms with Gasteiger partial charge in [0.2, 0.25) is 0 Å². The van der Waals surface area contributed by atoms with Crippen molar-refractivity contribution in [1.82, 2.24) is 0 Å². The fraction of sp³-hybridized carbons (Fsp3) is 0.304. The van der Waals surface area contributed by atoms with Crippen LogP contribution >= 0.6 is 0 Å². The van der Waals surface area contributed by atoms with Gasteiger partial charge in [0, 0.05) is 25.7 Å². The van der Waals surface area contributed by atoms with Crippen LogP contribution in [0.3, 0.4) is 0 Å². The monoisotopic (exact) mass is 317 g/mol. The van der Waals surface area contributed by atoms with E-state index in [1.807, 2.05) is 0 Å². The van der Waals surface area contributed by atoms with E-state index in [4.69, 9.17) is 0 Å². The Morgan fingerprint density at radius 3 is 2.00 bits per heavy atom. The summed E-state index contributed by atoms with van der Waals surface area (Å²) in [5, 5.41) is 0. The molecule has 1 aliphatic carbocycles. The van der Waals surface area contributed by atoms with Crippen LogP contribution in [-0.4, -0.2) is 14.1 Å². The molecule has 1 aliphatic rings. The summed E-state index contributed by atoms with van der Waals surface area (Å²) in [6.45, 7) is 9.13. The largest absolute Gasteiger partial charge is 0.378 e. The molecule has 1 atom stereocenters. The van der Waals surface area contributed by atoms with Crippen molar-refractivity contribution in [1.29, 1.82) is 0 Å². The Hall–Kier alpha value is -2.28. The van der Waals surface area contributed by atoms with Crippen LogP contribution in [0.1, 0.15) is 33.3 Å². The zero-order chi connectivity index (χ0) is 17.4. The van der Waals surface area contributed by atoms with Crippen molar-refractivity contribution in [2.45, 2.75) is 27.7 Å². The van der Waals surface area contributed by atoms with Crippen LogP contribution in [0.15, 0.2) is 65.3 Å². The molecule has 3 rings (SSSR count). The Labute approximate surface area is 146 Å². The van der Waals surface area contributed by atoms with E-state index in [9.17, 15) is 0 Å². The third-order valence-corrected chi connectivity index (χ3v) is 5.54. The van der Waals surface area contributed by atoms with Crippen LogP contribution in [0.5, 0.6) is 0 Å². The van der Waals surface area contributed by atoms with Crippen molar-refractivity contribution in [3.8, 4) is 11.1 Å². The van der Waals surface area contributed by atoms with E-state index in [-0.39, 0.29) is 0 Å². The average molecular weight is 317 g/mol. The molecule has 0 aromatic heterocycles. The second-order valence-corrected chi connectivity index (χ2v) is 7.06. The molecule has 2 aromatic carbocycles. The summed E-state index contributed by atoms with van der Waals surface area (Å²) in [6, 6.07) is 17.6. The number of hydrogen-bond acceptors (Lipinski definition) is 1. The van der Waals surface area contributed by atoms with E-state index in [2.05, 4.69) is 95.2 Å².